The van der Waals surface area contributed by atoms with Gasteiger partial charge in [-0.1, -0.05) is 23.7 Å². The van der Waals surface area contributed by atoms with Gasteiger partial charge in [-0.2, -0.15) is 0 Å². The molecule has 0 saturated carbocycles. The third-order valence-corrected chi connectivity index (χ3v) is 3.73. The van der Waals surface area contributed by atoms with Gasteiger partial charge in [0, 0.05) is 22.9 Å². The highest BCUT2D eigenvalue weighted by atomic mass is 35.5. The summed E-state index contributed by atoms with van der Waals surface area (Å²) in [6.45, 7) is 2.14. The summed E-state index contributed by atoms with van der Waals surface area (Å²) in [5.41, 5.74) is 0.811. The Labute approximate surface area is 134 Å². The Kier molecular flexibility index (Phi) is 6.30. The average Bonchev–Trinajstić information content (AvgIpc) is 2.47. The van der Waals surface area contributed by atoms with Crippen LogP contribution in [0.3, 0.4) is 0 Å². The summed E-state index contributed by atoms with van der Waals surface area (Å²) in [4.78, 5) is 11.6. The Morgan fingerprint density at radius 1 is 1.38 bits per heavy atom. The van der Waals surface area contributed by atoms with Crippen LogP contribution in [0.2, 0.25) is 5.02 Å². The van der Waals surface area contributed by atoms with E-state index >= 15 is 0 Å². The number of carbonyl (C=O) groups is 1. The lowest BCUT2D eigenvalue weighted by atomic mass is 10.1. The molecule has 116 valence electrons. The zero-order valence-corrected chi connectivity index (χ0v) is 13.3. The molecule has 6 heteroatoms. The van der Waals surface area contributed by atoms with E-state index < -0.39 is 6.29 Å². The highest BCUT2D eigenvalue weighted by Gasteiger charge is 2.32. The quantitative estimate of drug-likeness (QED) is 0.609. The molecule has 3 atom stereocenters. The van der Waals surface area contributed by atoms with Gasteiger partial charge in [0.1, 0.15) is 0 Å². The van der Waals surface area contributed by atoms with E-state index in [4.69, 9.17) is 37.4 Å². The summed E-state index contributed by atoms with van der Waals surface area (Å²) in [7, 11) is 0. The lowest BCUT2D eigenvalue weighted by Crippen LogP contribution is -2.36. The molecular weight excluding hydrogens is 315 g/mol. The van der Waals surface area contributed by atoms with Crippen LogP contribution in [0.1, 0.15) is 31.6 Å². The zero-order valence-electron chi connectivity index (χ0n) is 11.8. The molecule has 0 spiro atoms. The first-order valence-electron chi connectivity index (χ1n) is 6.90. The van der Waals surface area contributed by atoms with E-state index in [-0.39, 0.29) is 24.6 Å². The maximum absolute atomic E-state index is 11.6. The van der Waals surface area contributed by atoms with Crippen molar-refractivity contribution in [3.8, 4) is 0 Å². The van der Waals surface area contributed by atoms with E-state index in [0.29, 0.717) is 23.9 Å². The molecule has 1 aromatic carbocycles. The van der Waals surface area contributed by atoms with Crippen LogP contribution in [0.15, 0.2) is 24.3 Å². The van der Waals surface area contributed by atoms with Crippen molar-refractivity contribution in [2.75, 3.05) is 12.5 Å². The largest absolute Gasteiger partial charge is 0.466 e. The number of ether oxygens (including phenoxy) is 3. The van der Waals surface area contributed by atoms with Crippen molar-refractivity contribution in [1.29, 1.82) is 0 Å². The number of carbonyl (C=O) groups excluding carboxylic acids is 1. The molecule has 0 radical (unpaired) electrons. The molecule has 1 aromatic rings. The first-order valence-corrected chi connectivity index (χ1v) is 7.81. The van der Waals surface area contributed by atoms with Crippen molar-refractivity contribution in [3.63, 3.8) is 0 Å². The molecule has 0 aliphatic carbocycles. The Balaban J connectivity index is 2.06. The molecule has 2 rings (SSSR count). The fourth-order valence-corrected chi connectivity index (χ4v) is 2.63. The Hall–Kier alpha value is -0.810. The number of esters is 1. The minimum absolute atomic E-state index is 0.163. The average molecular weight is 333 g/mol. The molecule has 0 bridgehead atoms. The highest BCUT2D eigenvalue weighted by Crippen LogP contribution is 2.32. The van der Waals surface area contributed by atoms with Crippen molar-refractivity contribution in [3.05, 3.63) is 34.9 Å². The maximum atomic E-state index is 11.6. The molecule has 4 nitrogen and oxygen atoms in total. The SMILES string of the molecule is CCOC(=O)C[C@H]1C[C@@H](CCl)OC(c2cccc(Cl)c2)O1. The second-order valence-electron chi connectivity index (χ2n) is 4.80. The number of halogens is 2. The van der Waals surface area contributed by atoms with E-state index in [1.54, 1.807) is 19.1 Å². The van der Waals surface area contributed by atoms with Gasteiger partial charge >= 0.3 is 5.97 Å². The van der Waals surface area contributed by atoms with E-state index in [0.717, 1.165) is 5.56 Å². The zero-order chi connectivity index (χ0) is 15.2. The smallest absolute Gasteiger partial charge is 0.308 e. The van der Waals surface area contributed by atoms with Crippen LogP contribution in [0.25, 0.3) is 0 Å². The first kappa shape index (κ1) is 16.6. The van der Waals surface area contributed by atoms with Crippen LogP contribution < -0.4 is 0 Å². The number of rotatable bonds is 5. The summed E-state index contributed by atoms with van der Waals surface area (Å²) in [6, 6.07) is 7.26. The minimum atomic E-state index is -0.569. The Morgan fingerprint density at radius 2 is 2.14 bits per heavy atom. The summed E-state index contributed by atoms with van der Waals surface area (Å²) in [5.74, 6) is 0.0716. The highest BCUT2D eigenvalue weighted by molar-refractivity contribution is 6.30. The fourth-order valence-electron chi connectivity index (χ4n) is 2.23. The third kappa shape index (κ3) is 4.85. The molecule has 1 unspecified atom stereocenters. The molecule has 1 heterocycles. The fraction of sp³-hybridized carbons (Fsp3) is 0.533. The van der Waals surface area contributed by atoms with Crippen molar-refractivity contribution < 1.29 is 19.0 Å². The van der Waals surface area contributed by atoms with Crippen molar-refractivity contribution in [2.24, 2.45) is 0 Å². The van der Waals surface area contributed by atoms with Gasteiger partial charge in [0.2, 0.25) is 0 Å². The predicted octanol–water partition coefficient (Wildman–Crippen LogP) is 3.70. The molecule has 1 saturated heterocycles. The summed E-state index contributed by atoms with van der Waals surface area (Å²) in [6.07, 6.45) is -0.240. The number of hydrogen-bond acceptors (Lipinski definition) is 4. The topological polar surface area (TPSA) is 44.8 Å². The molecule has 1 aliphatic heterocycles. The number of hydrogen-bond donors (Lipinski definition) is 0. The molecule has 21 heavy (non-hydrogen) atoms. The van der Waals surface area contributed by atoms with E-state index in [2.05, 4.69) is 0 Å². The van der Waals surface area contributed by atoms with Crippen LogP contribution in [-0.2, 0) is 19.0 Å². The van der Waals surface area contributed by atoms with Gasteiger partial charge in [-0.3, -0.25) is 4.79 Å². The summed E-state index contributed by atoms with van der Waals surface area (Å²) < 4.78 is 16.6. The first-order chi connectivity index (χ1) is 10.1. The van der Waals surface area contributed by atoms with Crippen LogP contribution in [0.5, 0.6) is 0 Å². The van der Waals surface area contributed by atoms with Gasteiger partial charge in [0.25, 0.3) is 0 Å². The lowest BCUT2D eigenvalue weighted by Gasteiger charge is -2.35. The van der Waals surface area contributed by atoms with E-state index in [1.807, 2.05) is 12.1 Å². The van der Waals surface area contributed by atoms with Crippen molar-refractivity contribution >= 4 is 29.2 Å². The Bertz CT molecular complexity index is 480. The number of alkyl halides is 1. The Morgan fingerprint density at radius 3 is 2.81 bits per heavy atom. The molecule has 1 fully saturated rings. The maximum Gasteiger partial charge on any atom is 0.308 e. The predicted molar refractivity (Wildman–Crippen MR) is 80.5 cm³/mol. The monoisotopic (exact) mass is 332 g/mol. The van der Waals surface area contributed by atoms with Gasteiger partial charge < -0.3 is 14.2 Å². The van der Waals surface area contributed by atoms with Gasteiger partial charge in [-0.15, -0.1) is 11.6 Å². The van der Waals surface area contributed by atoms with Gasteiger partial charge in [0.15, 0.2) is 6.29 Å². The van der Waals surface area contributed by atoms with Crippen molar-refractivity contribution in [2.45, 2.75) is 38.3 Å². The minimum Gasteiger partial charge on any atom is -0.466 e. The molecule has 0 N–H and O–H groups in total. The van der Waals surface area contributed by atoms with Gasteiger partial charge in [-0.05, 0) is 19.1 Å². The van der Waals surface area contributed by atoms with Crippen LogP contribution in [0, 0.1) is 0 Å². The summed E-state index contributed by atoms with van der Waals surface area (Å²) >= 11 is 11.9. The normalized spacial score (nSPS) is 25.6. The van der Waals surface area contributed by atoms with Crippen LogP contribution >= 0.6 is 23.2 Å². The lowest BCUT2D eigenvalue weighted by molar-refractivity contribution is -0.244. The molecular formula is C15H18Cl2O4. The third-order valence-electron chi connectivity index (χ3n) is 3.15. The van der Waals surface area contributed by atoms with E-state index in [1.165, 1.54) is 0 Å². The van der Waals surface area contributed by atoms with Gasteiger partial charge in [0.05, 0.1) is 25.2 Å². The summed E-state index contributed by atoms with van der Waals surface area (Å²) in [5, 5.41) is 0.606. The van der Waals surface area contributed by atoms with Crippen molar-refractivity contribution in [1.82, 2.24) is 0 Å². The second kappa shape index (κ2) is 7.99. The number of benzene rings is 1. The van der Waals surface area contributed by atoms with Gasteiger partial charge in [-0.25, -0.2) is 0 Å². The second-order valence-corrected chi connectivity index (χ2v) is 5.55. The van der Waals surface area contributed by atoms with Crippen LogP contribution in [-0.4, -0.2) is 30.7 Å². The molecule has 0 amide bonds. The van der Waals surface area contributed by atoms with Crippen LogP contribution in [0.4, 0.5) is 0 Å². The van der Waals surface area contributed by atoms with E-state index in [9.17, 15) is 4.79 Å². The standard InChI is InChI=1S/C15H18Cl2O4/c1-2-19-14(18)8-12-7-13(9-16)21-15(20-12)10-4-3-5-11(17)6-10/h3-6,12-13,15H,2,7-9H2,1H3/t12-,13+,15?/m1/s1. The molecule has 0 aromatic heterocycles. The molecule has 1 aliphatic rings.